The molecule has 4 aromatic carbocycles. The number of nitrogens with zero attached hydrogens (tertiary/aromatic N) is 6. The summed E-state index contributed by atoms with van der Waals surface area (Å²) in [7, 11) is 7.22. The lowest BCUT2D eigenvalue weighted by molar-refractivity contribution is -0.141. The van der Waals surface area contributed by atoms with Gasteiger partial charge in [-0.2, -0.15) is 0 Å². The summed E-state index contributed by atoms with van der Waals surface area (Å²) in [6.07, 6.45) is 2.91. The van der Waals surface area contributed by atoms with Gasteiger partial charge < -0.3 is 29.8 Å². The molecule has 0 aromatic heterocycles. The van der Waals surface area contributed by atoms with Crippen molar-refractivity contribution in [1.29, 1.82) is 0 Å². The Balaban J connectivity index is 0.000000360. The number of likely N-dealkylation sites (N-methyl/N-ethyl adjacent to an activating group) is 4. The van der Waals surface area contributed by atoms with Crippen LogP contribution in [-0.4, -0.2) is 166 Å². The number of hydrogen-bond acceptors (Lipinski definition) is 8. The van der Waals surface area contributed by atoms with Crippen LogP contribution >= 0.6 is 0 Å². The molecular formula is C56H82N6O6. The summed E-state index contributed by atoms with van der Waals surface area (Å²) in [5, 5.41) is 19.1. The zero-order valence-corrected chi connectivity index (χ0v) is 43.2. The molecular weight excluding hydrogens is 853 g/mol. The minimum absolute atomic E-state index is 0.0756. The number of benzene rings is 4. The maximum absolute atomic E-state index is 13.1. The third kappa shape index (κ3) is 18.3. The van der Waals surface area contributed by atoms with Gasteiger partial charge in [-0.05, 0) is 103 Å². The predicted molar refractivity (Wildman–Crippen MR) is 275 cm³/mol. The lowest BCUT2D eigenvalue weighted by Crippen LogP contribution is -2.53. The van der Waals surface area contributed by atoms with Gasteiger partial charge >= 0.3 is 0 Å². The molecule has 68 heavy (non-hydrogen) atoms. The van der Waals surface area contributed by atoms with Crippen LogP contribution in [0.4, 0.5) is 0 Å². The van der Waals surface area contributed by atoms with Crippen LogP contribution in [0.2, 0.25) is 0 Å². The molecule has 4 aromatic rings. The highest BCUT2D eigenvalue weighted by atomic mass is 16.3. The zero-order chi connectivity index (χ0) is 50.7. The number of hydrogen-bond donors (Lipinski definition) is 2. The van der Waals surface area contributed by atoms with Crippen molar-refractivity contribution in [3.05, 3.63) is 144 Å². The molecule has 2 N–H and O–H groups in total. The molecule has 0 aliphatic rings. The quantitative estimate of drug-likeness (QED) is 0.0819. The van der Waals surface area contributed by atoms with Crippen LogP contribution in [0.1, 0.15) is 77.6 Å². The van der Waals surface area contributed by atoms with Crippen LogP contribution in [0.5, 0.6) is 0 Å². The van der Waals surface area contributed by atoms with Gasteiger partial charge in [-0.25, -0.2) is 0 Å². The first-order valence-electron chi connectivity index (χ1n) is 23.8. The van der Waals surface area contributed by atoms with Crippen molar-refractivity contribution in [2.45, 2.75) is 103 Å². The van der Waals surface area contributed by atoms with Crippen LogP contribution in [-0.2, 0) is 44.9 Å². The van der Waals surface area contributed by atoms with Crippen molar-refractivity contribution in [1.82, 2.24) is 29.4 Å². The van der Waals surface area contributed by atoms with Gasteiger partial charge in [0.1, 0.15) is 0 Å². The molecule has 0 saturated carbocycles. The maximum atomic E-state index is 13.1. The van der Waals surface area contributed by atoms with Gasteiger partial charge in [0.05, 0.1) is 39.4 Å². The number of aliphatic hydroxyl groups excluding tert-OH is 2. The van der Waals surface area contributed by atoms with Gasteiger partial charge in [0, 0.05) is 63.4 Å². The van der Waals surface area contributed by atoms with Gasteiger partial charge in [-0.3, -0.25) is 29.0 Å². The molecule has 372 valence electrons. The molecule has 4 rings (SSSR count). The molecule has 0 aliphatic heterocycles. The Kier molecular flexibility index (Phi) is 22.1. The van der Waals surface area contributed by atoms with E-state index in [9.17, 15) is 29.4 Å². The minimum atomic E-state index is -0.387. The van der Waals surface area contributed by atoms with E-state index < -0.39 is 0 Å². The summed E-state index contributed by atoms with van der Waals surface area (Å²) in [6.45, 7) is 16.9. The fraction of sp³-hybridized carbons (Fsp3) is 0.500. The van der Waals surface area contributed by atoms with Gasteiger partial charge in [-0.15, -0.1) is 0 Å². The Labute approximate surface area is 408 Å². The van der Waals surface area contributed by atoms with E-state index in [0.717, 1.165) is 47.9 Å². The van der Waals surface area contributed by atoms with E-state index in [1.807, 2.05) is 128 Å². The molecule has 0 aliphatic carbocycles. The van der Waals surface area contributed by atoms with Crippen LogP contribution in [0.15, 0.2) is 121 Å². The first kappa shape index (κ1) is 56.9. The first-order valence-corrected chi connectivity index (χ1v) is 23.8. The Bertz CT molecular complexity index is 1830. The normalized spacial score (nSPS) is 12.0. The molecule has 0 saturated heterocycles. The summed E-state index contributed by atoms with van der Waals surface area (Å²) < 4.78 is 0. The second kappa shape index (κ2) is 26.4. The first-order chi connectivity index (χ1) is 31.9. The highest BCUT2D eigenvalue weighted by Crippen LogP contribution is 2.23. The molecule has 0 heterocycles. The third-order valence-electron chi connectivity index (χ3n) is 13.3. The fourth-order valence-electron chi connectivity index (χ4n) is 8.11. The van der Waals surface area contributed by atoms with Crippen LogP contribution in [0.3, 0.4) is 0 Å². The van der Waals surface area contributed by atoms with Crippen molar-refractivity contribution in [2.75, 3.05) is 80.7 Å². The minimum Gasteiger partial charge on any atom is -0.395 e. The molecule has 0 bridgehead atoms. The number of carbonyl (C=O) groups excluding carboxylic acids is 4. The van der Waals surface area contributed by atoms with Crippen molar-refractivity contribution < 1.29 is 29.4 Å². The summed E-state index contributed by atoms with van der Waals surface area (Å²) in [6, 6.07) is 40.4. The average molecular weight is 935 g/mol. The van der Waals surface area contributed by atoms with Gasteiger partial charge in [0.15, 0.2) is 0 Å². The number of carbonyl (C=O) groups is 4. The van der Waals surface area contributed by atoms with Crippen LogP contribution < -0.4 is 0 Å². The van der Waals surface area contributed by atoms with Gasteiger partial charge in [0.2, 0.25) is 23.6 Å². The van der Waals surface area contributed by atoms with E-state index in [-0.39, 0.29) is 98.3 Å². The molecule has 12 nitrogen and oxygen atoms in total. The maximum Gasteiger partial charge on any atom is 0.236 e. The Morgan fingerprint density at radius 1 is 0.353 bits per heavy atom. The molecule has 0 spiro atoms. The summed E-state index contributed by atoms with van der Waals surface area (Å²) in [5.41, 5.74) is 3.11. The van der Waals surface area contributed by atoms with Gasteiger partial charge in [0.25, 0.3) is 0 Å². The SMILES string of the molecule is CN(C(=O)CN(CCO)CC(=O)N(C)C(C)(C)Cc1ccccc1)C(C)(C)Cc1ccccc1.CN(C(=O)CN(CCO)CC(=O)N(C)C(C)(C)Cc1ccccc1)C(C)(C)Cc1ccccc1. The third-order valence-corrected chi connectivity index (χ3v) is 13.3. The Morgan fingerprint density at radius 3 is 0.691 bits per heavy atom. The molecule has 0 atom stereocenters. The van der Waals surface area contributed by atoms with E-state index in [0.29, 0.717) is 0 Å². The van der Waals surface area contributed by atoms with Crippen LogP contribution in [0.25, 0.3) is 0 Å². The second-order valence-electron chi connectivity index (χ2n) is 20.6. The predicted octanol–water partition coefficient (Wildman–Crippen LogP) is 6.48. The highest BCUT2D eigenvalue weighted by molar-refractivity contribution is 5.83. The summed E-state index contributed by atoms with van der Waals surface area (Å²) in [4.78, 5) is 63.0. The summed E-state index contributed by atoms with van der Waals surface area (Å²) >= 11 is 0. The Morgan fingerprint density at radius 2 is 0.529 bits per heavy atom. The van der Waals surface area contributed by atoms with E-state index in [4.69, 9.17) is 0 Å². The zero-order valence-electron chi connectivity index (χ0n) is 43.2. The van der Waals surface area contributed by atoms with E-state index in [1.165, 1.54) is 0 Å². The van der Waals surface area contributed by atoms with Gasteiger partial charge in [-0.1, -0.05) is 121 Å². The number of amides is 4. The number of rotatable bonds is 24. The standard InChI is InChI=1S/2C28H41N3O3/c2*1-27(2,19-23-13-9-7-10-14-23)29(5)25(33)21-31(17-18-32)22-26(34)30(6)28(3,4)20-24-15-11-8-12-16-24/h2*7-16,32H,17-22H2,1-6H3. The molecule has 0 unspecified atom stereocenters. The topological polar surface area (TPSA) is 128 Å². The lowest BCUT2D eigenvalue weighted by Gasteiger charge is -2.39. The van der Waals surface area contributed by atoms with E-state index >= 15 is 0 Å². The number of aliphatic hydroxyl groups is 2. The van der Waals surface area contributed by atoms with Crippen molar-refractivity contribution >= 4 is 23.6 Å². The van der Waals surface area contributed by atoms with E-state index in [1.54, 1.807) is 57.6 Å². The fourth-order valence-corrected chi connectivity index (χ4v) is 8.11. The van der Waals surface area contributed by atoms with Crippen molar-refractivity contribution in [3.8, 4) is 0 Å². The largest absolute Gasteiger partial charge is 0.395 e. The molecule has 12 heteroatoms. The average Bonchev–Trinajstić information content (AvgIpc) is 3.29. The molecule has 4 amide bonds. The van der Waals surface area contributed by atoms with Crippen LogP contribution in [0, 0.1) is 0 Å². The molecule has 0 radical (unpaired) electrons. The smallest absolute Gasteiger partial charge is 0.236 e. The van der Waals surface area contributed by atoms with E-state index in [2.05, 4.69) is 48.5 Å². The highest BCUT2D eigenvalue weighted by Gasteiger charge is 2.34. The summed E-state index contributed by atoms with van der Waals surface area (Å²) in [5.74, 6) is -0.302. The van der Waals surface area contributed by atoms with Crippen molar-refractivity contribution in [3.63, 3.8) is 0 Å². The Hall–Kier alpha value is -5.40. The molecule has 0 fully saturated rings. The monoisotopic (exact) mass is 935 g/mol. The van der Waals surface area contributed by atoms with Crippen molar-refractivity contribution in [2.24, 2.45) is 0 Å². The lowest BCUT2D eigenvalue weighted by atomic mass is 9.93. The second-order valence-corrected chi connectivity index (χ2v) is 20.6.